The third kappa shape index (κ3) is 12.3. The summed E-state index contributed by atoms with van der Waals surface area (Å²) in [6.07, 6.45) is 2.04. The van der Waals surface area contributed by atoms with Crippen LogP contribution >= 0.6 is 33.2 Å². The first-order valence-electron chi connectivity index (χ1n) is 19.9. The number of hydrogen-bond donors (Lipinski definition) is 3. The van der Waals surface area contributed by atoms with E-state index < -0.39 is 71.6 Å². The molecular weight excluding hydrogens is 838 g/mol. The fraction of sp³-hybridized carbons (Fsp3) is 0.643. The molecule has 1 aromatic rings. The van der Waals surface area contributed by atoms with Gasteiger partial charge in [-0.2, -0.15) is 0 Å². The summed E-state index contributed by atoms with van der Waals surface area (Å²) < 4.78 is 29.1. The van der Waals surface area contributed by atoms with E-state index in [1.54, 1.807) is 73.7 Å². The normalized spacial score (nSPS) is 29.2. The van der Waals surface area contributed by atoms with Gasteiger partial charge in [0.05, 0.1) is 25.3 Å². The summed E-state index contributed by atoms with van der Waals surface area (Å²) in [4.78, 5) is 68.1. The van der Waals surface area contributed by atoms with Gasteiger partial charge in [-0.25, -0.2) is 9.59 Å². The number of carbonyl (C=O) groups excluding carboxylic acids is 4. The lowest BCUT2D eigenvalue weighted by molar-refractivity contribution is -0.162. The van der Waals surface area contributed by atoms with Crippen molar-refractivity contribution in [3.05, 3.63) is 46.5 Å². The number of amides is 3. The van der Waals surface area contributed by atoms with Gasteiger partial charge in [-0.05, 0) is 71.6 Å². The van der Waals surface area contributed by atoms with Crippen LogP contribution in [-0.4, -0.2) is 126 Å². The highest BCUT2D eigenvalue weighted by atomic mass is 35.5. The van der Waals surface area contributed by atoms with Crippen LogP contribution in [0, 0.1) is 5.92 Å². The van der Waals surface area contributed by atoms with Gasteiger partial charge in [0.1, 0.15) is 40.7 Å². The predicted molar refractivity (Wildman–Crippen MR) is 231 cm³/mol. The van der Waals surface area contributed by atoms with Crippen molar-refractivity contribution in [2.75, 3.05) is 39.0 Å². The molecule has 3 amide bonds. The number of methoxy groups -OCH3 is 2. The fourth-order valence-electron chi connectivity index (χ4n) is 7.33. The third-order valence-corrected chi connectivity index (χ3v) is 15.2. The van der Waals surface area contributed by atoms with E-state index in [4.69, 9.17) is 40.4 Å². The van der Waals surface area contributed by atoms with E-state index in [1.807, 2.05) is 26.8 Å². The number of benzene rings is 1. The molecule has 3 heterocycles. The van der Waals surface area contributed by atoms with Gasteiger partial charge < -0.3 is 43.7 Å². The second kappa shape index (κ2) is 20.6. The van der Waals surface area contributed by atoms with E-state index >= 15 is 0 Å². The quantitative estimate of drug-likeness (QED) is 0.0813. The number of allylic oxidation sites excluding steroid dienone is 3. The number of rotatable bonds is 14. The molecule has 2 fully saturated rings. The number of likely N-dealkylation sites (N-methyl/N-ethyl adjacent to an activating group) is 1. The summed E-state index contributed by atoms with van der Waals surface area (Å²) in [6, 6.07) is 2.54. The van der Waals surface area contributed by atoms with Crippen LogP contribution in [0.4, 0.5) is 10.5 Å². The first-order valence-corrected chi connectivity index (χ1v) is 22.6. The third-order valence-electron chi connectivity index (χ3n) is 11.4. The molecule has 0 spiro atoms. The zero-order valence-electron chi connectivity index (χ0n) is 36.1. The topological polar surface area (TPSA) is 194 Å². The lowest BCUT2D eigenvalue weighted by atomic mass is 9.83. The minimum Gasteiger partial charge on any atom is -0.495 e. The molecule has 1 aromatic carbocycles. The van der Waals surface area contributed by atoms with Gasteiger partial charge in [-0.3, -0.25) is 19.7 Å². The van der Waals surface area contributed by atoms with Crippen molar-refractivity contribution < 1.29 is 57.9 Å². The molecule has 3 aliphatic heterocycles. The maximum absolute atomic E-state index is 14.3. The van der Waals surface area contributed by atoms with E-state index in [-0.39, 0.29) is 41.4 Å². The molecule has 3 aliphatic rings. The Kier molecular flexibility index (Phi) is 16.9. The van der Waals surface area contributed by atoms with Crippen molar-refractivity contribution in [3.8, 4) is 5.75 Å². The average molecular weight is 899 g/mol. The Balaban J connectivity index is 1.62. The maximum Gasteiger partial charge on any atom is 0.409 e. The van der Waals surface area contributed by atoms with Crippen molar-refractivity contribution in [2.45, 2.75) is 133 Å². The zero-order valence-corrected chi connectivity index (χ0v) is 38.5. The molecule has 2 saturated heterocycles. The number of aliphatic carboxylic acids is 1. The number of hydrogen-bond acceptors (Lipinski definition) is 13. The number of ether oxygens (including phenoxy) is 5. The van der Waals surface area contributed by atoms with Crippen molar-refractivity contribution in [1.29, 1.82) is 0 Å². The van der Waals surface area contributed by atoms with Gasteiger partial charge in [-0.15, -0.1) is 0 Å². The molecule has 0 saturated carbocycles. The molecule has 18 heteroatoms. The van der Waals surface area contributed by atoms with Gasteiger partial charge >= 0.3 is 18.0 Å². The van der Waals surface area contributed by atoms with Crippen molar-refractivity contribution >= 4 is 68.7 Å². The zero-order chi connectivity index (χ0) is 44.7. The van der Waals surface area contributed by atoms with E-state index in [0.717, 1.165) is 11.1 Å². The summed E-state index contributed by atoms with van der Waals surface area (Å²) in [5, 5.41) is 23.4. The Labute approximate surface area is 365 Å². The van der Waals surface area contributed by atoms with Gasteiger partial charge in [0.25, 0.3) is 0 Å². The Hall–Kier alpha value is -3.48. The number of esters is 1. The molecule has 8 atom stereocenters. The van der Waals surface area contributed by atoms with Crippen molar-refractivity contribution in [3.63, 3.8) is 0 Å². The first kappa shape index (κ1) is 49.2. The molecule has 0 aromatic heterocycles. The summed E-state index contributed by atoms with van der Waals surface area (Å²) in [7, 11) is 9.15. The van der Waals surface area contributed by atoms with Gasteiger partial charge in [0, 0.05) is 56.9 Å². The second-order valence-corrected chi connectivity index (χ2v) is 20.1. The molecule has 334 valence electrons. The van der Waals surface area contributed by atoms with E-state index in [1.165, 1.54) is 31.1 Å². The van der Waals surface area contributed by atoms with Gasteiger partial charge in [0.15, 0.2) is 5.72 Å². The number of aliphatic hydroxyl groups is 1. The lowest BCUT2D eigenvalue weighted by Gasteiger charge is -2.42. The minimum absolute atomic E-state index is 0.0691. The molecule has 60 heavy (non-hydrogen) atoms. The minimum atomic E-state index is -1.85. The van der Waals surface area contributed by atoms with Crippen LogP contribution in [0.2, 0.25) is 5.02 Å². The summed E-state index contributed by atoms with van der Waals surface area (Å²) in [6.45, 7) is 11.0. The number of nitrogens with one attached hydrogen (secondary N) is 1. The van der Waals surface area contributed by atoms with Gasteiger partial charge in [-0.1, -0.05) is 63.9 Å². The number of anilines is 1. The van der Waals surface area contributed by atoms with Crippen LogP contribution in [0.25, 0.3) is 0 Å². The Morgan fingerprint density at radius 1 is 1.20 bits per heavy atom. The van der Waals surface area contributed by atoms with E-state index in [0.29, 0.717) is 36.5 Å². The second-order valence-electron chi connectivity index (χ2n) is 16.6. The van der Waals surface area contributed by atoms with Crippen LogP contribution < -0.4 is 15.0 Å². The number of nitrogens with zero attached hydrogens (tertiary/aromatic N) is 2. The highest BCUT2D eigenvalue weighted by Gasteiger charge is 2.64. The van der Waals surface area contributed by atoms with Crippen LogP contribution in [0.5, 0.6) is 5.75 Å². The van der Waals surface area contributed by atoms with Gasteiger partial charge in [0.2, 0.25) is 11.8 Å². The SMILES string of the molecule is COc1cc2cc(c1Cl)N(C)C(=O)C[C@H](OC(=O)[C@H](C)N(C)C(=O)CCC(C)(C)SSCCCC(=O)O)[C@]1(C)O[C@H]1[C@H](C)[C@@H]1C[C@@](O)(NC(=O)O1)[C@H](OC)/C=C/C=C(/C)C2. The number of alkyl carbamates (subject to hydrolysis) is 1. The van der Waals surface area contributed by atoms with Crippen molar-refractivity contribution in [2.24, 2.45) is 5.92 Å². The molecule has 15 nitrogen and oxygen atoms in total. The molecular formula is C42H60ClN3O12S2. The highest BCUT2D eigenvalue weighted by Crippen LogP contribution is 2.49. The molecule has 4 rings (SSSR count). The molecule has 0 aliphatic carbocycles. The Bertz CT molecular complexity index is 1830. The summed E-state index contributed by atoms with van der Waals surface area (Å²) >= 11 is 6.79. The van der Waals surface area contributed by atoms with Crippen LogP contribution in [0.3, 0.4) is 0 Å². The van der Waals surface area contributed by atoms with Crippen LogP contribution in [0.1, 0.15) is 85.6 Å². The highest BCUT2D eigenvalue weighted by molar-refractivity contribution is 8.77. The average Bonchev–Trinajstić information content (AvgIpc) is 3.88. The number of carboxylic acid groups (broad SMARTS) is 1. The van der Waals surface area contributed by atoms with Crippen LogP contribution in [0.15, 0.2) is 35.9 Å². The predicted octanol–water partition coefficient (Wildman–Crippen LogP) is 6.32. The number of carboxylic acids is 1. The Morgan fingerprint density at radius 2 is 1.90 bits per heavy atom. The summed E-state index contributed by atoms with van der Waals surface area (Å²) in [5.74, 6) is -1.85. The monoisotopic (exact) mass is 897 g/mol. The largest absolute Gasteiger partial charge is 0.495 e. The fourth-order valence-corrected chi connectivity index (χ4v) is 10.3. The van der Waals surface area contributed by atoms with Crippen LogP contribution in [-0.2, 0) is 44.5 Å². The number of carbonyl (C=O) groups is 5. The Morgan fingerprint density at radius 3 is 2.55 bits per heavy atom. The number of halogens is 1. The smallest absolute Gasteiger partial charge is 0.409 e. The molecule has 3 N–H and O–H groups in total. The van der Waals surface area contributed by atoms with E-state index in [9.17, 15) is 29.1 Å². The van der Waals surface area contributed by atoms with Crippen molar-refractivity contribution in [1.82, 2.24) is 10.2 Å². The summed E-state index contributed by atoms with van der Waals surface area (Å²) in [5.41, 5.74) is -1.01. The standard InChI is InChI=1S/C42H60ClN3O12S2/c1-24-13-11-14-31(55-10)42(53)23-30(56-39(52)44-42)25(2)37-41(6,58-37)32(22-34(48)46(8)28-20-27(19-24)21-29(54-9)36(28)43)57-38(51)26(3)45(7)33(47)16-17-40(4,5)60-59-18-12-15-35(49)50/h11,13-14,20-21,25-26,30-32,37,53H,12,15-19,22-23H2,1-10H3,(H,44,52)(H,49,50)/b14-11+,24-13-/t25-,26+,30+,31-,32+,37+,41+,42+/m1/s1. The van der Waals surface area contributed by atoms with E-state index in [2.05, 4.69) is 5.32 Å². The number of epoxide rings is 1. The molecule has 0 unspecified atom stereocenters. The lowest BCUT2D eigenvalue weighted by Crippen LogP contribution is -2.63. The molecule has 4 bridgehead atoms. The first-order chi connectivity index (χ1) is 28.0. The maximum atomic E-state index is 14.3. The molecule has 0 radical (unpaired) electrons. The number of fused-ring (bicyclic) bond motifs is 5.